The molecule has 0 amide bonds. The van der Waals surface area contributed by atoms with Gasteiger partial charge < -0.3 is 14.7 Å². The van der Waals surface area contributed by atoms with Gasteiger partial charge in [0.1, 0.15) is 5.75 Å². The third-order valence-electron chi connectivity index (χ3n) is 2.86. The molecular weight excluding hydrogens is 216 g/mol. The van der Waals surface area contributed by atoms with E-state index in [-0.39, 0.29) is 5.69 Å². The summed E-state index contributed by atoms with van der Waals surface area (Å²) in [6.07, 6.45) is 0.949. The summed E-state index contributed by atoms with van der Waals surface area (Å²) in [6, 6.07) is 6.01. The third kappa shape index (κ3) is 2.11. The molecule has 4 nitrogen and oxygen atoms in total. The molecule has 0 aliphatic rings. The highest BCUT2D eigenvalue weighted by Crippen LogP contribution is 2.30. The van der Waals surface area contributed by atoms with Crippen molar-refractivity contribution in [2.45, 2.75) is 20.3 Å². The zero-order chi connectivity index (χ0) is 12.4. The zero-order valence-electron chi connectivity index (χ0n) is 10.3. The predicted octanol–water partition coefficient (Wildman–Crippen LogP) is 2.25. The third-order valence-corrected chi connectivity index (χ3v) is 2.86. The first-order valence-corrected chi connectivity index (χ1v) is 5.62. The Bertz CT molecular complexity index is 581. The number of aromatic nitrogens is 2. The summed E-state index contributed by atoms with van der Waals surface area (Å²) in [5.41, 5.74) is 3.55. The van der Waals surface area contributed by atoms with E-state index in [0.717, 1.165) is 29.1 Å². The van der Waals surface area contributed by atoms with Crippen LogP contribution >= 0.6 is 0 Å². The molecule has 0 spiro atoms. The largest absolute Gasteiger partial charge is 0.496 e. The van der Waals surface area contributed by atoms with Gasteiger partial charge >= 0.3 is 5.69 Å². The van der Waals surface area contributed by atoms with E-state index in [9.17, 15) is 4.79 Å². The van der Waals surface area contributed by atoms with Gasteiger partial charge in [0.05, 0.1) is 12.8 Å². The van der Waals surface area contributed by atoms with E-state index in [2.05, 4.69) is 16.9 Å². The van der Waals surface area contributed by atoms with Crippen LogP contribution in [0.2, 0.25) is 0 Å². The van der Waals surface area contributed by atoms with E-state index in [1.54, 1.807) is 7.11 Å². The van der Waals surface area contributed by atoms with Crippen molar-refractivity contribution >= 4 is 0 Å². The van der Waals surface area contributed by atoms with Gasteiger partial charge in [-0.05, 0) is 31.0 Å². The topological polar surface area (TPSA) is 57.9 Å². The Morgan fingerprint density at radius 3 is 2.59 bits per heavy atom. The van der Waals surface area contributed by atoms with E-state index in [1.165, 1.54) is 5.56 Å². The molecule has 0 radical (unpaired) electrons. The first-order valence-electron chi connectivity index (χ1n) is 5.62. The predicted molar refractivity (Wildman–Crippen MR) is 67.5 cm³/mol. The van der Waals surface area contributed by atoms with Crippen molar-refractivity contribution in [3.05, 3.63) is 39.9 Å². The van der Waals surface area contributed by atoms with Crippen LogP contribution in [0.3, 0.4) is 0 Å². The summed E-state index contributed by atoms with van der Waals surface area (Å²) < 4.78 is 5.33. The lowest BCUT2D eigenvalue weighted by Crippen LogP contribution is -2.00. The van der Waals surface area contributed by atoms with Crippen LogP contribution in [0.5, 0.6) is 5.75 Å². The number of benzene rings is 1. The fourth-order valence-corrected chi connectivity index (χ4v) is 1.91. The Balaban J connectivity index is 2.63. The van der Waals surface area contributed by atoms with Crippen LogP contribution in [0.25, 0.3) is 11.3 Å². The molecule has 0 atom stereocenters. The van der Waals surface area contributed by atoms with Crippen LogP contribution in [0.15, 0.2) is 23.0 Å². The number of H-pyrrole nitrogens is 2. The molecule has 90 valence electrons. The van der Waals surface area contributed by atoms with Gasteiger partial charge in [-0.3, -0.25) is 0 Å². The maximum atomic E-state index is 11.3. The SMILES string of the molecule is CCc1ccc(OC)c(-c2[nH]c(=O)[nH]c2C)c1. The van der Waals surface area contributed by atoms with Crippen LogP contribution in [0, 0.1) is 6.92 Å². The summed E-state index contributed by atoms with van der Waals surface area (Å²) in [5.74, 6) is 0.764. The van der Waals surface area contributed by atoms with Gasteiger partial charge in [-0.1, -0.05) is 13.0 Å². The molecule has 0 unspecified atom stereocenters. The molecule has 0 saturated heterocycles. The minimum Gasteiger partial charge on any atom is -0.496 e. The summed E-state index contributed by atoms with van der Waals surface area (Å²) in [5, 5.41) is 0. The van der Waals surface area contributed by atoms with Gasteiger partial charge in [0.2, 0.25) is 0 Å². The minimum atomic E-state index is -0.193. The highest BCUT2D eigenvalue weighted by atomic mass is 16.5. The fourth-order valence-electron chi connectivity index (χ4n) is 1.91. The quantitative estimate of drug-likeness (QED) is 0.852. The number of methoxy groups -OCH3 is 1. The lowest BCUT2D eigenvalue weighted by molar-refractivity contribution is 0.416. The van der Waals surface area contributed by atoms with Crippen molar-refractivity contribution in [1.29, 1.82) is 0 Å². The molecule has 0 fully saturated rings. The average molecular weight is 232 g/mol. The van der Waals surface area contributed by atoms with Gasteiger partial charge in [-0.2, -0.15) is 0 Å². The number of rotatable bonds is 3. The van der Waals surface area contributed by atoms with Crippen molar-refractivity contribution in [2.24, 2.45) is 0 Å². The van der Waals surface area contributed by atoms with E-state index in [1.807, 2.05) is 25.1 Å². The number of hydrogen-bond donors (Lipinski definition) is 2. The van der Waals surface area contributed by atoms with E-state index in [0.29, 0.717) is 0 Å². The van der Waals surface area contributed by atoms with Crippen LogP contribution < -0.4 is 10.4 Å². The van der Waals surface area contributed by atoms with Crippen molar-refractivity contribution in [3.63, 3.8) is 0 Å². The lowest BCUT2D eigenvalue weighted by Gasteiger charge is -2.09. The first kappa shape index (κ1) is 11.5. The molecule has 0 saturated carbocycles. The van der Waals surface area contributed by atoms with Crippen LogP contribution in [-0.4, -0.2) is 17.1 Å². The normalized spacial score (nSPS) is 10.5. The number of ether oxygens (including phenoxy) is 1. The molecule has 2 N–H and O–H groups in total. The zero-order valence-corrected chi connectivity index (χ0v) is 10.3. The highest BCUT2D eigenvalue weighted by molar-refractivity contribution is 5.69. The first-order chi connectivity index (χ1) is 8.15. The smallest absolute Gasteiger partial charge is 0.323 e. The Labute approximate surface area is 99.7 Å². The lowest BCUT2D eigenvalue weighted by atomic mass is 10.0. The van der Waals surface area contributed by atoms with E-state index >= 15 is 0 Å². The van der Waals surface area contributed by atoms with Crippen molar-refractivity contribution in [3.8, 4) is 17.0 Å². The monoisotopic (exact) mass is 232 g/mol. The van der Waals surface area contributed by atoms with Gasteiger partial charge in [0.15, 0.2) is 0 Å². The number of hydrogen-bond acceptors (Lipinski definition) is 2. The molecule has 2 aromatic rings. The molecule has 1 aromatic carbocycles. The standard InChI is InChI=1S/C13H16N2O2/c1-4-9-5-6-11(17-3)10(7-9)12-8(2)14-13(16)15-12/h5-7H,4H2,1-3H3,(H2,14,15,16). The Morgan fingerprint density at radius 1 is 1.29 bits per heavy atom. The second kappa shape index (κ2) is 4.49. The van der Waals surface area contributed by atoms with Crippen molar-refractivity contribution < 1.29 is 4.74 Å². The maximum Gasteiger partial charge on any atom is 0.323 e. The summed E-state index contributed by atoms with van der Waals surface area (Å²) in [4.78, 5) is 16.8. The molecule has 2 rings (SSSR count). The number of aryl methyl sites for hydroxylation is 2. The van der Waals surface area contributed by atoms with Gasteiger partial charge in [-0.25, -0.2) is 4.79 Å². The van der Waals surface area contributed by atoms with E-state index < -0.39 is 0 Å². The fraction of sp³-hybridized carbons (Fsp3) is 0.308. The molecule has 1 heterocycles. The summed E-state index contributed by atoms with van der Waals surface area (Å²) >= 11 is 0. The highest BCUT2D eigenvalue weighted by Gasteiger charge is 2.11. The van der Waals surface area contributed by atoms with Gasteiger partial charge in [0, 0.05) is 11.3 Å². The van der Waals surface area contributed by atoms with Crippen molar-refractivity contribution in [1.82, 2.24) is 9.97 Å². The minimum absolute atomic E-state index is 0.193. The Hall–Kier alpha value is -1.97. The second-order valence-electron chi connectivity index (χ2n) is 3.97. The summed E-state index contributed by atoms with van der Waals surface area (Å²) in [7, 11) is 1.63. The molecule has 1 aromatic heterocycles. The summed E-state index contributed by atoms with van der Waals surface area (Å²) in [6.45, 7) is 3.96. The molecule has 0 aliphatic carbocycles. The molecule has 0 bridgehead atoms. The van der Waals surface area contributed by atoms with Crippen LogP contribution in [-0.2, 0) is 6.42 Å². The van der Waals surface area contributed by atoms with Gasteiger partial charge in [0.25, 0.3) is 0 Å². The van der Waals surface area contributed by atoms with Gasteiger partial charge in [-0.15, -0.1) is 0 Å². The van der Waals surface area contributed by atoms with Crippen molar-refractivity contribution in [2.75, 3.05) is 7.11 Å². The van der Waals surface area contributed by atoms with Crippen LogP contribution in [0.1, 0.15) is 18.2 Å². The molecule has 4 heteroatoms. The average Bonchev–Trinajstić information content (AvgIpc) is 2.67. The Kier molecular flexibility index (Phi) is 3.04. The number of imidazole rings is 1. The molecule has 0 aliphatic heterocycles. The van der Waals surface area contributed by atoms with Crippen LogP contribution in [0.4, 0.5) is 0 Å². The van der Waals surface area contributed by atoms with E-state index in [4.69, 9.17) is 4.74 Å². The molecular formula is C13H16N2O2. The second-order valence-corrected chi connectivity index (χ2v) is 3.97. The molecule has 17 heavy (non-hydrogen) atoms. The number of aromatic amines is 2. The number of nitrogens with one attached hydrogen (secondary N) is 2. The Morgan fingerprint density at radius 2 is 2.06 bits per heavy atom. The maximum absolute atomic E-state index is 11.3.